The average molecular weight is 237 g/mol. The summed E-state index contributed by atoms with van der Waals surface area (Å²) in [6.45, 7) is 12.5. The molecule has 2 unspecified atom stereocenters. The molecular weight excluding hydrogens is 206 g/mol. The summed E-state index contributed by atoms with van der Waals surface area (Å²) in [5.41, 5.74) is 1.42. The van der Waals surface area contributed by atoms with E-state index in [9.17, 15) is 0 Å². The second kappa shape index (κ2) is 13.2. The zero-order chi connectivity index (χ0) is 13.7. The Labute approximate surface area is 109 Å². The van der Waals surface area contributed by atoms with Gasteiger partial charge in [-0.25, -0.2) is 0 Å². The van der Waals surface area contributed by atoms with Crippen molar-refractivity contribution in [2.45, 2.75) is 59.9 Å². The van der Waals surface area contributed by atoms with Crippen LogP contribution in [0.25, 0.3) is 0 Å². The fourth-order valence-corrected chi connectivity index (χ4v) is 1.80. The quantitative estimate of drug-likeness (QED) is 0.790. The maximum absolute atomic E-state index is 3.35. The van der Waals surface area contributed by atoms with E-state index in [0.29, 0.717) is 12.0 Å². The fraction of sp³-hybridized carbons (Fsp3) is 0.625. The highest BCUT2D eigenvalue weighted by Crippen LogP contribution is 2.20. The van der Waals surface area contributed by atoms with Crippen molar-refractivity contribution < 1.29 is 0 Å². The van der Waals surface area contributed by atoms with Crippen molar-refractivity contribution in [3.8, 4) is 0 Å². The topological polar surface area (TPSA) is 12.0 Å². The van der Waals surface area contributed by atoms with Crippen molar-refractivity contribution >= 4 is 0 Å². The van der Waals surface area contributed by atoms with Gasteiger partial charge in [-0.3, -0.25) is 0 Å². The number of rotatable bonds is 4. The number of benzene rings is 1. The van der Waals surface area contributed by atoms with Gasteiger partial charge < -0.3 is 5.32 Å². The summed E-state index contributed by atoms with van der Waals surface area (Å²) >= 11 is 0. The van der Waals surface area contributed by atoms with E-state index in [4.69, 9.17) is 0 Å². The Morgan fingerprint density at radius 3 is 1.82 bits per heavy atom. The molecule has 0 spiro atoms. The molecule has 0 aliphatic heterocycles. The second-order valence-corrected chi connectivity index (χ2v) is 3.50. The summed E-state index contributed by atoms with van der Waals surface area (Å²) in [5, 5.41) is 3.35. The lowest BCUT2D eigenvalue weighted by Gasteiger charge is -2.22. The Morgan fingerprint density at radius 2 is 1.47 bits per heavy atom. The molecule has 1 aromatic carbocycles. The summed E-state index contributed by atoms with van der Waals surface area (Å²) in [7, 11) is 2.04. The monoisotopic (exact) mass is 237 g/mol. The van der Waals surface area contributed by atoms with E-state index in [2.05, 4.69) is 49.5 Å². The van der Waals surface area contributed by atoms with E-state index in [1.807, 2.05) is 34.7 Å². The van der Waals surface area contributed by atoms with Crippen LogP contribution in [-0.2, 0) is 0 Å². The SMILES string of the molecule is CC.CC.CCC(NC)C(C)c1ccccc1. The van der Waals surface area contributed by atoms with Crippen molar-refractivity contribution in [3.05, 3.63) is 35.9 Å². The van der Waals surface area contributed by atoms with Crippen LogP contribution >= 0.6 is 0 Å². The van der Waals surface area contributed by atoms with Gasteiger partial charge >= 0.3 is 0 Å². The first-order valence-electron chi connectivity index (χ1n) is 7.01. The van der Waals surface area contributed by atoms with Crippen LogP contribution in [0.2, 0.25) is 0 Å². The molecule has 0 aliphatic carbocycles. The highest BCUT2D eigenvalue weighted by atomic mass is 14.9. The predicted molar refractivity (Wildman–Crippen MR) is 80.7 cm³/mol. The highest BCUT2D eigenvalue weighted by Gasteiger charge is 2.14. The van der Waals surface area contributed by atoms with Gasteiger partial charge in [-0.15, -0.1) is 0 Å². The molecule has 0 fully saturated rings. The van der Waals surface area contributed by atoms with E-state index in [-0.39, 0.29) is 0 Å². The maximum atomic E-state index is 3.35. The number of hydrogen-bond acceptors (Lipinski definition) is 1. The molecule has 0 saturated heterocycles. The van der Waals surface area contributed by atoms with Crippen LogP contribution < -0.4 is 5.32 Å². The molecule has 2 atom stereocenters. The van der Waals surface area contributed by atoms with E-state index in [0.717, 1.165) is 0 Å². The van der Waals surface area contributed by atoms with Crippen LogP contribution in [0.15, 0.2) is 30.3 Å². The third kappa shape index (κ3) is 7.17. The van der Waals surface area contributed by atoms with Gasteiger partial charge in [-0.1, -0.05) is 71.9 Å². The molecule has 100 valence electrons. The highest BCUT2D eigenvalue weighted by molar-refractivity contribution is 5.20. The van der Waals surface area contributed by atoms with Crippen LogP contribution in [0, 0.1) is 0 Å². The summed E-state index contributed by atoms with van der Waals surface area (Å²) in [6.07, 6.45) is 1.17. The molecule has 0 aliphatic rings. The van der Waals surface area contributed by atoms with Gasteiger partial charge in [0.25, 0.3) is 0 Å². The average Bonchev–Trinajstić information content (AvgIpc) is 2.45. The largest absolute Gasteiger partial charge is 0.316 e. The van der Waals surface area contributed by atoms with Crippen molar-refractivity contribution in [2.24, 2.45) is 0 Å². The molecule has 1 N–H and O–H groups in total. The van der Waals surface area contributed by atoms with E-state index >= 15 is 0 Å². The van der Waals surface area contributed by atoms with Gasteiger partial charge in [0.15, 0.2) is 0 Å². The Hall–Kier alpha value is -0.820. The normalized spacial score (nSPS) is 12.4. The third-order valence-electron chi connectivity index (χ3n) is 2.74. The maximum Gasteiger partial charge on any atom is 0.0127 e. The molecule has 1 rings (SSSR count). The van der Waals surface area contributed by atoms with Gasteiger partial charge in [0.2, 0.25) is 0 Å². The summed E-state index contributed by atoms with van der Waals surface area (Å²) < 4.78 is 0. The first-order valence-corrected chi connectivity index (χ1v) is 7.01. The van der Waals surface area contributed by atoms with E-state index in [1.54, 1.807) is 0 Å². The Bertz CT molecular complexity index is 227. The number of nitrogens with one attached hydrogen (secondary N) is 1. The van der Waals surface area contributed by atoms with Crippen LogP contribution in [-0.4, -0.2) is 13.1 Å². The van der Waals surface area contributed by atoms with Crippen LogP contribution in [0.5, 0.6) is 0 Å². The van der Waals surface area contributed by atoms with Gasteiger partial charge in [0.05, 0.1) is 0 Å². The summed E-state index contributed by atoms with van der Waals surface area (Å²) in [5.74, 6) is 0.594. The standard InChI is InChI=1S/C12H19N.2C2H6/c1-4-12(13-3)10(2)11-8-6-5-7-9-11;2*1-2/h5-10,12-13H,4H2,1-3H3;2*1-2H3. The van der Waals surface area contributed by atoms with Gasteiger partial charge in [-0.05, 0) is 24.9 Å². The first-order chi connectivity index (χ1) is 8.29. The first kappa shape index (κ1) is 18.5. The van der Waals surface area contributed by atoms with Crippen LogP contribution in [0.4, 0.5) is 0 Å². The smallest absolute Gasteiger partial charge is 0.0127 e. The minimum Gasteiger partial charge on any atom is -0.316 e. The lowest BCUT2D eigenvalue weighted by atomic mass is 9.92. The molecule has 0 radical (unpaired) electrons. The lowest BCUT2D eigenvalue weighted by molar-refractivity contribution is 0.473. The van der Waals surface area contributed by atoms with Gasteiger partial charge in [0.1, 0.15) is 0 Å². The molecular formula is C16H31N. The van der Waals surface area contributed by atoms with Crippen molar-refractivity contribution in [3.63, 3.8) is 0 Å². The minimum atomic E-state index is 0.586. The van der Waals surface area contributed by atoms with Gasteiger partial charge in [-0.2, -0.15) is 0 Å². The van der Waals surface area contributed by atoms with E-state index in [1.165, 1.54) is 12.0 Å². The predicted octanol–water partition coefficient (Wildman–Crippen LogP) is 4.84. The Kier molecular flexibility index (Phi) is 14.4. The Morgan fingerprint density at radius 1 is 1.00 bits per heavy atom. The molecule has 0 bridgehead atoms. The number of likely N-dealkylation sites (N-methyl/N-ethyl adjacent to an activating group) is 1. The zero-order valence-electron chi connectivity index (χ0n) is 12.7. The summed E-state index contributed by atoms with van der Waals surface area (Å²) in [4.78, 5) is 0. The zero-order valence-corrected chi connectivity index (χ0v) is 12.7. The third-order valence-corrected chi connectivity index (χ3v) is 2.74. The summed E-state index contributed by atoms with van der Waals surface area (Å²) in [6, 6.07) is 11.3. The second-order valence-electron chi connectivity index (χ2n) is 3.50. The van der Waals surface area contributed by atoms with Gasteiger partial charge in [0, 0.05) is 6.04 Å². The molecule has 0 amide bonds. The molecule has 0 saturated carbocycles. The number of hydrogen-bond donors (Lipinski definition) is 1. The Balaban J connectivity index is 0. The minimum absolute atomic E-state index is 0.586. The van der Waals surface area contributed by atoms with Crippen molar-refractivity contribution in [1.82, 2.24) is 5.32 Å². The molecule has 17 heavy (non-hydrogen) atoms. The van der Waals surface area contributed by atoms with Crippen molar-refractivity contribution in [2.75, 3.05) is 7.05 Å². The molecule has 0 heterocycles. The molecule has 1 nitrogen and oxygen atoms in total. The van der Waals surface area contributed by atoms with Crippen molar-refractivity contribution in [1.29, 1.82) is 0 Å². The molecule has 1 heteroatoms. The molecule has 0 aromatic heterocycles. The molecule has 1 aromatic rings. The lowest BCUT2D eigenvalue weighted by Crippen LogP contribution is -2.29. The van der Waals surface area contributed by atoms with Crippen LogP contribution in [0.1, 0.15) is 59.4 Å². The van der Waals surface area contributed by atoms with E-state index < -0.39 is 0 Å². The fourth-order valence-electron chi connectivity index (χ4n) is 1.80. The van der Waals surface area contributed by atoms with Crippen LogP contribution in [0.3, 0.4) is 0 Å².